The standard InChI is InChI=1S/C15H12N2O3/c18-10-16-14(11-5-2-1-3-6-11)9-12-7-4-8-13(15(12)16)17(19)20/h1-9,18H,10H2. The van der Waals surface area contributed by atoms with E-state index in [1.807, 2.05) is 36.4 Å². The number of aromatic nitrogens is 1. The molecule has 3 aromatic rings. The van der Waals surface area contributed by atoms with Gasteiger partial charge in [0.05, 0.1) is 10.6 Å². The zero-order valence-electron chi connectivity index (χ0n) is 10.6. The quantitative estimate of drug-likeness (QED) is 0.586. The lowest BCUT2D eigenvalue weighted by Gasteiger charge is -2.07. The molecule has 0 bridgehead atoms. The van der Waals surface area contributed by atoms with Gasteiger partial charge in [-0.2, -0.15) is 0 Å². The van der Waals surface area contributed by atoms with Gasteiger partial charge in [0.25, 0.3) is 5.69 Å². The molecule has 20 heavy (non-hydrogen) atoms. The van der Waals surface area contributed by atoms with Crippen LogP contribution in [0, 0.1) is 10.1 Å². The Bertz CT molecular complexity index is 778. The summed E-state index contributed by atoms with van der Waals surface area (Å²) in [6, 6.07) is 16.3. The number of nitro groups is 1. The average Bonchev–Trinajstić information content (AvgIpc) is 2.86. The van der Waals surface area contributed by atoms with Crippen molar-refractivity contribution in [1.29, 1.82) is 0 Å². The Morgan fingerprint density at radius 2 is 1.85 bits per heavy atom. The Labute approximate surface area is 114 Å². The lowest BCUT2D eigenvalue weighted by Crippen LogP contribution is -2.01. The van der Waals surface area contributed by atoms with Crippen LogP contribution < -0.4 is 0 Å². The molecule has 0 aliphatic heterocycles. The zero-order chi connectivity index (χ0) is 14.1. The fourth-order valence-electron chi connectivity index (χ4n) is 2.45. The van der Waals surface area contributed by atoms with Crippen molar-refractivity contribution in [1.82, 2.24) is 4.57 Å². The summed E-state index contributed by atoms with van der Waals surface area (Å²) in [4.78, 5) is 10.7. The van der Waals surface area contributed by atoms with E-state index in [4.69, 9.17) is 0 Å². The van der Waals surface area contributed by atoms with Gasteiger partial charge >= 0.3 is 0 Å². The molecule has 0 atom stereocenters. The lowest BCUT2D eigenvalue weighted by atomic mass is 10.1. The fraction of sp³-hybridized carbons (Fsp3) is 0.0667. The summed E-state index contributed by atoms with van der Waals surface area (Å²) in [6.45, 7) is -0.307. The first kappa shape index (κ1) is 12.4. The van der Waals surface area contributed by atoms with Crippen molar-refractivity contribution >= 4 is 16.6 Å². The second-order valence-electron chi connectivity index (χ2n) is 4.44. The molecule has 100 valence electrons. The van der Waals surface area contributed by atoms with Gasteiger partial charge in [-0.25, -0.2) is 0 Å². The lowest BCUT2D eigenvalue weighted by molar-refractivity contribution is -0.383. The van der Waals surface area contributed by atoms with Crippen LogP contribution in [-0.2, 0) is 6.73 Å². The molecule has 0 unspecified atom stereocenters. The number of nitrogens with zero attached hydrogens (tertiary/aromatic N) is 2. The summed E-state index contributed by atoms with van der Waals surface area (Å²) in [6.07, 6.45) is 0. The van der Waals surface area contributed by atoms with E-state index < -0.39 is 4.92 Å². The van der Waals surface area contributed by atoms with Crippen molar-refractivity contribution in [2.75, 3.05) is 0 Å². The molecule has 0 fully saturated rings. The molecule has 0 saturated carbocycles. The second-order valence-corrected chi connectivity index (χ2v) is 4.44. The van der Waals surface area contributed by atoms with Gasteiger partial charge in [-0.15, -0.1) is 0 Å². The van der Waals surface area contributed by atoms with E-state index in [-0.39, 0.29) is 12.4 Å². The van der Waals surface area contributed by atoms with Gasteiger partial charge in [-0.05, 0) is 11.6 Å². The average molecular weight is 268 g/mol. The smallest absolute Gasteiger partial charge is 0.293 e. The van der Waals surface area contributed by atoms with Crippen LogP contribution in [0.15, 0.2) is 54.6 Å². The highest BCUT2D eigenvalue weighted by Crippen LogP contribution is 2.33. The van der Waals surface area contributed by atoms with Crippen molar-refractivity contribution in [2.45, 2.75) is 6.73 Å². The van der Waals surface area contributed by atoms with Crippen LogP contribution in [0.25, 0.3) is 22.2 Å². The highest BCUT2D eigenvalue weighted by atomic mass is 16.6. The van der Waals surface area contributed by atoms with Crippen LogP contribution in [0.1, 0.15) is 0 Å². The number of hydrogen-bond acceptors (Lipinski definition) is 3. The first-order chi connectivity index (χ1) is 9.72. The Hall–Kier alpha value is -2.66. The summed E-state index contributed by atoms with van der Waals surface area (Å²) in [7, 11) is 0. The van der Waals surface area contributed by atoms with Crippen molar-refractivity contribution in [2.24, 2.45) is 0 Å². The molecule has 1 heterocycles. The number of fused-ring (bicyclic) bond motifs is 1. The molecule has 5 nitrogen and oxygen atoms in total. The molecule has 3 rings (SSSR count). The molecule has 0 aliphatic rings. The molecule has 0 spiro atoms. The van der Waals surface area contributed by atoms with Crippen LogP contribution >= 0.6 is 0 Å². The molecular weight excluding hydrogens is 256 g/mol. The van der Waals surface area contributed by atoms with Crippen LogP contribution in [0.4, 0.5) is 5.69 Å². The van der Waals surface area contributed by atoms with Crippen molar-refractivity contribution in [3.05, 3.63) is 64.7 Å². The van der Waals surface area contributed by atoms with Crippen molar-refractivity contribution in [3.63, 3.8) is 0 Å². The Morgan fingerprint density at radius 3 is 2.50 bits per heavy atom. The third-order valence-corrected chi connectivity index (χ3v) is 3.31. The molecule has 0 aliphatic carbocycles. The SMILES string of the molecule is O=[N+]([O-])c1cccc2cc(-c3ccccc3)n(CO)c12. The van der Waals surface area contributed by atoms with E-state index >= 15 is 0 Å². The molecule has 0 radical (unpaired) electrons. The first-order valence-electron chi connectivity index (χ1n) is 6.15. The zero-order valence-corrected chi connectivity index (χ0v) is 10.6. The number of non-ortho nitro benzene ring substituents is 1. The summed E-state index contributed by atoms with van der Waals surface area (Å²) >= 11 is 0. The van der Waals surface area contributed by atoms with Gasteiger partial charge < -0.3 is 9.67 Å². The van der Waals surface area contributed by atoms with E-state index in [0.717, 1.165) is 16.6 Å². The number of benzene rings is 2. The number of aliphatic hydroxyl groups excluding tert-OH is 1. The predicted molar refractivity (Wildman–Crippen MR) is 76.2 cm³/mol. The normalized spacial score (nSPS) is 10.8. The highest BCUT2D eigenvalue weighted by molar-refractivity contribution is 5.93. The third-order valence-electron chi connectivity index (χ3n) is 3.31. The van der Waals surface area contributed by atoms with E-state index in [1.54, 1.807) is 16.7 Å². The van der Waals surface area contributed by atoms with Crippen molar-refractivity contribution in [3.8, 4) is 11.3 Å². The van der Waals surface area contributed by atoms with Gasteiger partial charge in [0, 0.05) is 11.5 Å². The minimum atomic E-state index is -0.427. The fourth-order valence-corrected chi connectivity index (χ4v) is 2.45. The minimum Gasteiger partial charge on any atom is -0.376 e. The number of nitro benzene ring substituents is 1. The maximum Gasteiger partial charge on any atom is 0.293 e. The monoisotopic (exact) mass is 268 g/mol. The van der Waals surface area contributed by atoms with E-state index in [9.17, 15) is 15.2 Å². The first-order valence-corrected chi connectivity index (χ1v) is 6.15. The molecular formula is C15H12N2O3. The predicted octanol–water partition coefficient (Wildman–Crippen LogP) is 3.17. The van der Waals surface area contributed by atoms with Gasteiger partial charge in [0.2, 0.25) is 0 Å². The van der Waals surface area contributed by atoms with Crippen molar-refractivity contribution < 1.29 is 10.0 Å². The van der Waals surface area contributed by atoms with Crippen LogP contribution in [0.2, 0.25) is 0 Å². The van der Waals surface area contributed by atoms with E-state index in [1.165, 1.54) is 6.07 Å². The summed E-state index contributed by atoms with van der Waals surface area (Å²) in [5.41, 5.74) is 2.11. The van der Waals surface area contributed by atoms with Crippen LogP contribution in [0.3, 0.4) is 0 Å². The number of para-hydroxylation sites is 1. The molecule has 1 aromatic heterocycles. The second kappa shape index (κ2) is 4.79. The minimum absolute atomic E-state index is 0.00117. The largest absolute Gasteiger partial charge is 0.376 e. The highest BCUT2D eigenvalue weighted by Gasteiger charge is 2.18. The molecule has 0 amide bonds. The molecule has 0 saturated heterocycles. The molecule has 5 heteroatoms. The number of hydrogen-bond donors (Lipinski definition) is 1. The molecule has 1 N–H and O–H groups in total. The Kier molecular flexibility index (Phi) is 2.96. The molecule has 2 aromatic carbocycles. The van der Waals surface area contributed by atoms with Crippen LogP contribution in [-0.4, -0.2) is 14.6 Å². The number of rotatable bonds is 3. The van der Waals surface area contributed by atoms with E-state index in [2.05, 4.69) is 0 Å². The summed E-state index contributed by atoms with van der Waals surface area (Å²) in [5, 5.41) is 21.5. The van der Waals surface area contributed by atoms with Gasteiger partial charge in [-0.3, -0.25) is 10.1 Å². The third kappa shape index (κ3) is 1.85. The van der Waals surface area contributed by atoms with Crippen LogP contribution in [0.5, 0.6) is 0 Å². The van der Waals surface area contributed by atoms with E-state index in [0.29, 0.717) is 5.52 Å². The topological polar surface area (TPSA) is 68.3 Å². The summed E-state index contributed by atoms with van der Waals surface area (Å²) < 4.78 is 1.56. The number of aliphatic hydroxyl groups is 1. The maximum atomic E-state index is 11.1. The Balaban J connectivity index is 2.36. The Morgan fingerprint density at radius 1 is 1.10 bits per heavy atom. The van der Waals surface area contributed by atoms with Gasteiger partial charge in [-0.1, -0.05) is 42.5 Å². The summed E-state index contributed by atoms with van der Waals surface area (Å²) in [5.74, 6) is 0. The van der Waals surface area contributed by atoms with Gasteiger partial charge in [0.15, 0.2) is 0 Å². The maximum absolute atomic E-state index is 11.1. The van der Waals surface area contributed by atoms with Gasteiger partial charge in [0.1, 0.15) is 12.2 Å².